The van der Waals surface area contributed by atoms with Crippen molar-refractivity contribution in [1.29, 1.82) is 5.26 Å². The van der Waals surface area contributed by atoms with Crippen LogP contribution in [0.25, 0.3) is 0 Å². The van der Waals surface area contributed by atoms with Gasteiger partial charge in [0.2, 0.25) is 0 Å². The first kappa shape index (κ1) is 13.6. The third-order valence-electron chi connectivity index (χ3n) is 3.24. The van der Waals surface area contributed by atoms with Crippen LogP contribution in [-0.4, -0.2) is 11.1 Å². The number of nitrogens with one attached hydrogen (secondary N) is 1. The summed E-state index contributed by atoms with van der Waals surface area (Å²) in [5.41, 5.74) is 2.14. The Labute approximate surface area is 129 Å². The third-order valence-corrected chi connectivity index (χ3v) is 3.67. The van der Waals surface area contributed by atoms with Gasteiger partial charge in [0.05, 0.1) is 11.6 Å². The number of aromatic nitrogens is 1. The van der Waals surface area contributed by atoms with Crippen LogP contribution in [0.3, 0.4) is 0 Å². The van der Waals surface area contributed by atoms with Gasteiger partial charge in [0.1, 0.15) is 6.04 Å². The predicted octanol–water partition coefficient (Wildman–Crippen LogP) is 3.24. The van der Waals surface area contributed by atoms with Crippen LogP contribution in [0.2, 0.25) is 0 Å². The summed E-state index contributed by atoms with van der Waals surface area (Å²) in [5.74, 6) is 0. The number of hydrogen-bond acceptors (Lipinski definition) is 4. The molecule has 104 valence electrons. The fourth-order valence-corrected chi connectivity index (χ4v) is 2.70. The fraction of sp³-hybridized carbons (Fsp3) is 0.133. The molecule has 0 saturated carbocycles. The van der Waals surface area contributed by atoms with E-state index in [4.69, 9.17) is 10.00 Å². The number of ether oxygens (including phenoxy) is 1. The van der Waals surface area contributed by atoms with Crippen molar-refractivity contribution in [2.45, 2.75) is 12.1 Å². The molecule has 1 aliphatic rings. The molecule has 1 aromatic carbocycles. The van der Waals surface area contributed by atoms with Gasteiger partial charge in [-0.25, -0.2) is 4.79 Å². The number of cyclic esters (lactones) is 1. The van der Waals surface area contributed by atoms with Crippen molar-refractivity contribution in [3.8, 4) is 6.07 Å². The minimum Gasteiger partial charge on any atom is -0.439 e. The minimum atomic E-state index is -0.484. The maximum atomic E-state index is 11.6. The molecule has 21 heavy (non-hydrogen) atoms. The molecule has 2 heterocycles. The molecule has 5 nitrogen and oxygen atoms in total. The summed E-state index contributed by atoms with van der Waals surface area (Å²) in [7, 11) is 0. The Morgan fingerprint density at radius 2 is 2.14 bits per heavy atom. The molecule has 0 spiro atoms. The van der Waals surface area contributed by atoms with Crippen LogP contribution in [0, 0.1) is 11.3 Å². The number of nitriles is 1. The summed E-state index contributed by atoms with van der Waals surface area (Å²) in [6, 6.07) is 10.7. The average molecular weight is 344 g/mol. The normalized spacial score (nSPS) is 20.5. The lowest BCUT2D eigenvalue weighted by Gasteiger charge is -2.17. The number of alkyl carbamates (subject to hydrolysis) is 1. The molecule has 0 radical (unpaired) electrons. The van der Waals surface area contributed by atoms with Crippen molar-refractivity contribution in [3.63, 3.8) is 0 Å². The van der Waals surface area contributed by atoms with Crippen LogP contribution in [0.4, 0.5) is 4.79 Å². The van der Waals surface area contributed by atoms with Gasteiger partial charge in [-0.1, -0.05) is 12.1 Å². The van der Waals surface area contributed by atoms with E-state index in [-0.39, 0.29) is 6.04 Å². The Morgan fingerprint density at radius 1 is 1.29 bits per heavy atom. The van der Waals surface area contributed by atoms with E-state index in [1.807, 2.05) is 12.1 Å². The molecule has 3 rings (SSSR count). The van der Waals surface area contributed by atoms with Gasteiger partial charge in [0.15, 0.2) is 6.10 Å². The van der Waals surface area contributed by atoms with Gasteiger partial charge in [-0.2, -0.15) is 5.26 Å². The molecule has 6 heteroatoms. The van der Waals surface area contributed by atoms with Gasteiger partial charge in [-0.05, 0) is 45.3 Å². The molecule has 1 amide bonds. The van der Waals surface area contributed by atoms with Crippen molar-refractivity contribution >= 4 is 22.0 Å². The topological polar surface area (TPSA) is 75.0 Å². The lowest BCUT2D eigenvalue weighted by Crippen LogP contribution is -2.19. The first-order chi connectivity index (χ1) is 10.2. The highest BCUT2D eigenvalue weighted by Gasteiger charge is 2.36. The largest absolute Gasteiger partial charge is 0.439 e. The van der Waals surface area contributed by atoms with Crippen LogP contribution in [0.1, 0.15) is 28.8 Å². The van der Waals surface area contributed by atoms with Crippen molar-refractivity contribution in [3.05, 3.63) is 63.9 Å². The average Bonchev–Trinajstić information content (AvgIpc) is 2.89. The van der Waals surface area contributed by atoms with Gasteiger partial charge in [0.25, 0.3) is 0 Å². The summed E-state index contributed by atoms with van der Waals surface area (Å²) in [6.07, 6.45) is 2.40. The van der Waals surface area contributed by atoms with Gasteiger partial charge in [-0.3, -0.25) is 4.98 Å². The molecule has 0 aliphatic carbocycles. The Kier molecular flexibility index (Phi) is 3.59. The second kappa shape index (κ2) is 5.54. The molecule has 0 bridgehead atoms. The second-order valence-corrected chi connectivity index (χ2v) is 5.54. The number of rotatable bonds is 2. The van der Waals surface area contributed by atoms with Gasteiger partial charge >= 0.3 is 6.09 Å². The van der Waals surface area contributed by atoms with Crippen LogP contribution in [0.15, 0.2) is 47.2 Å². The van der Waals surface area contributed by atoms with E-state index in [0.29, 0.717) is 5.56 Å². The highest BCUT2D eigenvalue weighted by atomic mass is 79.9. The van der Waals surface area contributed by atoms with Gasteiger partial charge in [0, 0.05) is 16.9 Å². The standard InChI is InChI=1S/C15H10BrN3O2/c16-12-5-11(7-18-8-12)13-14(21-15(20)19-13)10-3-1-2-9(4-10)6-17/h1-5,7-8,13-14H,(H,19,20)/t13-,14-/m1/s1. The van der Waals surface area contributed by atoms with Crippen molar-refractivity contribution in [2.24, 2.45) is 0 Å². The number of benzene rings is 1. The highest BCUT2D eigenvalue weighted by Crippen LogP contribution is 2.37. The minimum absolute atomic E-state index is 0.337. The number of halogens is 1. The molecule has 2 aromatic rings. The van der Waals surface area contributed by atoms with Crippen LogP contribution in [-0.2, 0) is 4.74 Å². The number of pyridine rings is 1. The Balaban J connectivity index is 1.99. The number of carbonyl (C=O) groups is 1. The molecule has 1 aromatic heterocycles. The van der Waals surface area contributed by atoms with Crippen molar-refractivity contribution in [2.75, 3.05) is 0 Å². The Hall–Kier alpha value is -2.39. The number of amides is 1. The first-order valence-electron chi connectivity index (χ1n) is 6.25. The zero-order valence-corrected chi connectivity index (χ0v) is 12.4. The van der Waals surface area contributed by atoms with E-state index in [9.17, 15) is 4.79 Å². The van der Waals surface area contributed by atoms with E-state index < -0.39 is 12.2 Å². The lowest BCUT2D eigenvalue weighted by molar-refractivity contribution is 0.132. The van der Waals surface area contributed by atoms with Crippen LogP contribution < -0.4 is 5.32 Å². The number of carbonyl (C=O) groups excluding carboxylic acids is 1. The lowest BCUT2D eigenvalue weighted by atomic mass is 9.96. The molecule has 2 atom stereocenters. The molecule has 0 unspecified atom stereocenters. The molecular weight excluding hydrogens is 334 g/mol. The van der Waals surface area contributed by atoms with E-state index in [1.54, 1.807) is 30.6 Å². The fourth-order valence-electron chi connectivity index (χ4n) is 2.32. The summed E-state index contributed by atoms with van der Waals surface area (Å²) >= 11 is 3.36. The van der Waals surface area contributed by atoms with E-state index >= 15 is 0 Å². The third kappa shape index (κ3) is 2.73. The van der Waals surface area contributed by atoms with Crippen LogP contribution in [0.5, 0.6) is 0 Å². The SMILES string of the molecule is N#Cc1cccc([C@H]2OC(=O)N[C@@H]2c2cncc(Br)c2)c1. The molecule has 1 saturated heterocycles. The zero-order valence-electron chi connectivity index (χ0n) is 10.8. The van der Waals surface area contributed by atoms with Crippen LogP contribution >= 0.6 is 15.9 Å². The van der Waals surface area contributed by atoms with E-state index in [2.05, 4.69) is 32.3 Å². The maximum Gasteiger partial charge on any atom is 0.408 e. The number of nitrogens with zero attached hydrogens (tertiary/aromatic N) is 2. The Morgan fingerprint density at radius 3 is 2.90 bits per heavy atom. The molecule has 1 N–H and O–H groups in total. The summed E-state index contributed by atoms with van der Waals surface area (Å²) in [5, 5.41) is 11.8. The Bertz CT molecular complexity index is 742. The zero-order chi connectivity index (χ0) is 14.8. The molecule has 1 fully saturated rings. The van der Waals surface area contributed by atoms with E-state index in [1.165, 1.54) is 0 Å². The first-order valence-corrected chi connectivity index (χ1v) is 7.04. The highest BCUT2D eigenvalue weighted by molar-refractivity contribution is 9.10. The van der Waals surface area contributed by atoms with E-state index in [0.717, 1.165) is 15.6 Å². The number of hydrogen-bond donors (Lipinski definition) is 1. The second-order valence-electron chi connectivity index (χ2n) is 4.62. The maximum absolute atomic E-state index is 11.6. The van der Waals surface area contributed by atoms with Gasteiger partial charge < -0.3 is 10.1 Å². The van der Waals surface area contributed by atoms with Crippen molar-refractivity contribution in [1.82, 2.24) is 10.3 Å². The summed E-state index contributed by atoms with van der Waals surface area (Å²) < 4.78 is 6.18. The quantitative estimate of drug-likeness (QED) is 0.908. The monoisotopic (exact) mass is 343 g/mol. The van der Waals surface area contributed by atoms with Gasteiger partial charge in [-0.15, -0.1) is 0 Å². The van der Waals surface area contributed by atoms with Crippen molar-refractivity contribution < 1.29 is 9.53 Å². The predicted molar refractivity (Wildman–Crippen MR) is 78.2 cm³/mol. The molecular formula is C15H10BrN3O2. The summed E-state index contributed by atoms with van der Waals surface area (Å²) in [6.45, 7) is 0. The molecule has 1 aliphatic heterocycles. The smallest absolute Gasteiger partial charge is 0.408 e. The summed E-state index contributed by atoms with van der Waals surface area (Å²) in [4.78, 5) is 15.7.